The van der Waals surface area contributed by atoms with Crippen LogP contribution in [0.25, 0.3) is 0 Å². The fourth-order valence-electron chi connectivity index (χ4n) is 1.88. The Morgan fingerprint density at radius 2 is 2.39 bits per heavy atom. The average molecular weight is 313 g/mol. The number of alkyl carbamates (subject to hydrolysis) is 1. The van der Waals surface area contributed by atoms with E-state index in [1.165, 1.54) is 7.05 Å². The molecule has 0 aromatic heterocycles. The van der Waals surface area contributed by atoms with E-state index in [2.05, 4.69) is 26.6 Å². The highest BCUT2D eigenvalue weighted by atomic mass is 79.9. The summed E-state index contributed by atoms with van der Waals surface area (Å²) in [6.45, 7) is 0.164. The van der Waals surface area contributed by atoms with Crippen molar-refractivity contribution >= 4 is 27.9 Å². The zero-order chi connectivity index (χ0) is 13.1. The molecule has 0 radical (unpaired) electrons. The van der Waals surface area contributed by atoms with Gasteiger partial charge in [-0.1, -0.05) is 15.9 Å². The molecule has 5 nitrogen and oxygen atoms in total. The lowest BCUT2D eigenvalue weighted by molar-refractivity contribution is 0.0876. The highest BCUT2D eigenvalue weighted by Gasteiger charge is 2.25. The van der Waals surface area contributed by atoms with E-state index in [0.29, 0.717) is 12.0 Å². The maximum atomic E-state index is 11.8. The van der Waals surface area contributed by atoms with E-state index in [1.54, 1.807) is 6.07 Å². The summed E-state index contributed by atoms with van der Waals surface area (Å²) >= 11 is 3.38. The summed E-state index contributed by atoms with van der Waals surface area (Å²) in [6, 6.07) is 5.35. The smallest absolute Gasteiger partial charge is 0.406 e. The van der Waals surface area contributed by atoms with E-state index in [1.807, 2.05) is 12.1 Å². The molecule has 1 aliphatic heterocycles. The van der Waals surface area contributed by atoms with E-state index >= 15 is 0 Å². The van der Waals surface area contributed by atoms with Gasteiger partial charge in [-0.3, -0.25) is 4.79 Å². The van der Waals surface area contributed by atoms with Crippen molar-refractivity contribution in [2.75, 3.05) is 13.7 Å². The molecular weight excluding hydrogens is 300 g/mol. The van der Waals surface area contributed by atoms with Gasteiger partial charge < -0.3 is 15.4 Å². The summed E-state index contributed by atoms with van der Waals surface area (Å²) in [5.74, 6) is -0.130. The van der Waals surface area contributed by atoms with E-state index in [-0.39, 0.29) is 18.6 Å². The Kier molecular flexibility index (Phi) is 3.86. The minimum atomic E-state index is -0.496. The molecule has 96 valence electrons. The number of rotatable bonds is 2. The molecule has 1 atom stereocenters. The normalized spacial score (nSPS) is 17.7. The predicted octanol–water partition coefficient (Wildman–Crippen LogP) is 1.46. The zero-order valence-corrected chi connectivity index (χ0v) is 11.4. The van der Waals surface area contributed by atoms with Crippen LogP contribution in [0, 0.1) is 0 Å². The Bertz CT molecular complexity index is 490. The largest absolute Gasteiger partial charge is 0.447 e. The summed E-state index contributed by atoms with van der Waals surface area (Å²) < 4.78 is 5.88. The fourth-order valence-corrected chi connectivity index (χ4v) is 2.29. The number of carbonyl (C=O) groups is 2. The number of hydrogen-bond donors (Lipinski definition) is 2. The molecule has 1 unspecified atom stereocenters. The van der Waals surface area contributed by atoms with Crippen molar-refractivity contribution in [2.45, 2.75) is 12.5 Å². The van der Waals surface area contributed by atoms with E-state index in [4.69, 9.17) is 4.74 Å². The fraction of sp³-hybridized carbons (Fsp3) is 0.333. The number of fused-ring (bicyclic) bond motifs is 1. The molecule has 0 fully saturated rings. The van der Waals surface area contributed by atoms with Crippen molar-refractivity contribution in [1.82, 2.24) is 10.6 Å². The number of benzene rings is 1. The Hall–Kier alpha value is -1.56. The second-order valence-corrected chi connectivity index (χ2v) is 4.94. The molecule has 0 saturated heterocycles. The number of ether oxygens (including phenoxy) is 1. The lowest BCUT2D eigenvalue weighted by atomic mass is 9.96. The first-order valence-corrected chi connectivity index (χ1v) is 6.33. The van der Waals surface area contributed by atoms with Crippen LogP contribution in [-0.4, -0.2) is 31.7 Å². The van der Waals surface area contributed by atoms with Gasteiger partial charge in [-0.25, -0.2) is 4.79 Å². The SMILES string of the molecule is CNC(=O)OCC1Cc2cc(Br)ccc2C(=O)N1. The van der Waals surface area contributed by atoms with Crippen molar-refractivity contribution in [3.05, 3.63) is 33.8 Å². The van der Waals surface area contributed by atoms with Gasteiger partial charge in [-0.2, -0.15) is 0 Å². The Morgan fingerprint density at radius 3 is 3.11 bits per heavy atom. The summed E-state index contributed by atoms with van der Waals surface area (Å²) in [4.78, 5) is 22.8. The molecule has 18 heavy (non-hydrogen) atoms. The first-order valence-electron chi connectivity index (χ1n) is 5.54. The maximum absolute atomic E-state index is 11.8. The lowest BCUT2D eigenvalue weighted by Gasteiger charge is -2.25. The second kappa shape index (κ2) is 5.39. The minimum absolute atomic E-state index is 0.130. The van der Waals surface area contributed by atoms with Crippen LogP contribution in [0.3, 0.4) is 0 Å². The van der Waals surface area contributed by atoms with Crippen LogP contribution in [0.2, 0.25) is 0 Å². The third-order valence-electron chi connectivity index (χ3n) is 2.73. The number of carbonyl (C=O) groups excluding carboxylic acids is 2. The number of nitrogens with one attached hydrogen (secondary N) is 2. The summed E-state index contributed by atoms with van der Waals surface area (Å²) in [5.41, 5.74) is 1.63. The Labute approximate surface area is 113 Å². The molecule has 2 amide bonds. The molecule has 2 rings (SSSR count). The zero-order valence-electron chi connectivity index (χ0n) is 9.83. The van der Waals surface area contributed by atoms with Crippen molar-refractivity contribution in [3.63, 3.8) is 0 Å². The molecule has 0 saturated carbocycles. The van der Waals surface area contributed by atoms with Crippen molar-refractivity contribution in [3.8, 4) is 0 Å². The van der Waals surface area contributed by atoms with E-state index in [9.17, 15) is 9.59 Å². The molecule has 0 bridgehead atoms. The monoisotopic (exact) mass is 312 g/mol. The topological polar surface area (TPSA) is 67.4 Å². The van der Waals surface area contributed by atoms with Crippen LogP contribution < -0.4 is 10.6 Å². The van der Waals surface area contributed by atoms with Gasteiger partial charge in [0, 0.05) is 17.1 Å². The van der Waals surface area contributed by atoms with Gasteiger partial charge in [0.05, 0.1) is 6.04 Å². The molecule has 1 aromatic carbocycles. The predicted molar refractivity (Wildman–Crippen MR) is 69.5 cm³/mol. The Balaban J connectivity index is 2.07. The van der Waals surface area contributed by atoms with Crippen molar-refractivity contribution in [1.29, 1.82) is 0 Å². The van der Waals surface area contributed by atoms with Crippen LogP contribution in [-0.2, 0) is 11.2 Å². The maximum Gasteiger partial charge on any atom is 0.406 e. The molecule has 0 spiro atoms. The second-order valence-electron chi connectivity index (χ2n) is 4.02. The van der Waals surface area contributed by atoms with Crippen LogP contribution in [0.15, 0.2) is 22.7 Å². The van der Waals surface area contributed by atoms with Crippen molar-refractivity contribution < 1.29 is 14.3 Å². The van der Waals surface area contributed by atoms with E-state index in [0.717, 1.165) is 10.0 Å². The average Bonchev–Trinajstić information content (AvgIpc) is 2.35. The molecule has 1 heterocycles. The quantitative estimate of drug-likeness (QED) is 0.868. The van der Waals surface area contributed by atoms with Gasteiger partial charge in [0.25, 0.3) is 5.91 Å². The van der Waals surface area contributed by atoms with E-state index < -0.39 is 6.09 Å². The molecular formula is C12H13BrN2O3. The third-order valence-corrected chi connectivity index (χ3v) is 3.23. The minimum Gasteiger partial charge on any atom is -0.447 e. The number of amides is 2. The number of hydrogen-bond acceptors (Lipinski definition) is 3. The molecule has 6 heteroatoms. The standard InChI is InChI=1S/C12H13BrN2O3/c1-14-12(17)18-6-9-5-7-4-8(13)2-3-10(7)11(16)15-9/h2-4,9H,5-6H2,1H3,(H,14,17)(H,15,16). The first-order chi connectivity index (χ1) is 8.60. The van der Waals surface area contributed by atoms with Crippen LogP contribution in [0.5, 0.6) is 0 Å². The summed E-state index contributed by atoms with van der Waals surface area (Å²) in [5, 5.41) is 5.17. The highest BCUT2D eigenvalue weighted by molar-refractivity contribution is 9.10. The Morgan fingerprint density at radius 1 is 1.61 bits per heavy atom. The highest BCUT2D eigenvalue weighted by Crippen LogP contribution is 2.21. The van der Waals surface area contributed by atoms with Crippen LogP contribution in [0.1, 0.15) is 15.9 Å². The molecule has 1 aliphatic rings. The van der Waals surface area contributed by atoms with Crippen LogP contribution >= 0.6 is 15.9 Å². The van der Waals surface area contributed by atoms with Gasteiger partial charge >= 0.3 is 6.09 Å². The van der Waals surface area contributed by atoms with Gasteiger partial charge in [0.15, 0.2) is 0 Å². The van der Waals surface area contributed by atoms with Crippen LogP contribution in [0.4, 0.5) is 4.79 Å². The molecule has 1 aromatic rings. The van der Waals surface area contributed by atoms with Gasteiger partial charge in [0.1, 0.15) is 6.61 Å². The third kappa shape index (κ3) is 2.81. The van der Waals surface area contributed by atoms with Gasteiger partial charge in [-0.05, 0) is 30.2 Å². The first kappa shape index (κ1) is 12.9. The molecule has 2 N–H and O–H groups in total. The van der Waals surface area contributed by atoms with Crippen molar-refractivity contribution in [2.24, 2.45) is 0 Å². The summed E-state index contributed by atoms with van der Waals surface area (Å²) in [6.07, 6.45) is 0.154. The number of halogens is 1. The summed E-state index contributed by atoms with van der Waals surface area (Å²) in [7, 11) is 1.49. The lowest BCUT2D eigenvalue weighted by Crippen LogP contribution is -2.45. The molecule has 0 aliphatic carbocycles. The van der Waals surface area contributed by atoms with Gasteiger partial charge in [-0.15, -0.1) is 0 Å². The van der Waals surface area contributed by atoms with Gasteiger partial charge in [0.2, 0.25) is 0 Å².